The lowest BCUT2D eigenvalue weighted by molar-refractivity contribution is -0.137. The number of hydrogen-bond acceptors (Lipinski definition) is 7. The van der Waals surface area contributed by atoms with E-state index >= 15 is 0 Å². The van der Waals surface area contributed by atoms with Gasteiger partial charge in [-0.2, -0.15) is 13.2 Å². The van der Waals surface area contributed by atoms with E-state index in [1.165, 1.54) is 16.2 Å². The van der Waals surface area contributed by atoms with Crippen molar-refractivity contribution in [2.24, 2.45) is 0 Å². The molecule has 1 unspecified atom stereocenters. The standard InChI is InChI=1S/C28H23F3N4O4S/c1-17(18-5-3-2-4-6-18)35(26(37)19-7-10-21(11-8-19)28(29,30)31)14-13-24(36)32-27-34-33-25(40-27)20-9-12-22-23(15-20)39-16-38-22/h2-12,15,17H,13-14,16H2,1H3,(H,32,34,36). The highest BCUT2D eigenvalue weighted by Crippen LogP contribution is 2.37. The molecular weight excluding hydrogens is 545 g/mol. The van der Waals surface area contributed by atoms with Crippen LogP contribution in [0.5, 0.6) is 11.5 Å². The second-order valence-electron chi connectivity index (χ2n) is 8.94. The third kappa shape index (κ3) is 6.07. The lowest BCUT2D eigenvalue weighted by Crippen LogP contribution is -2.36. The van der Waals surface area contributed by atoms with Crippen molar-refractivity contribution in [3.05, 3.63) is 89.5 Å². The van der Waals surface area contributed by atoms with Gasteiger partial charge < -0.3 is 19.7 Å². The number of rotatable bonds is 8. The Morgan fingerprint density at radius 2 is 1.73 bits per heavy atom. The monoisotopic (exact) mass is 568 g/mol. The lowest BCUT2D eigenvalue weighted by Gasteiger charge is -2.30. The molecule has 1 N–H and O–H groups in total. The molecule has 40 heavy (non-hydrogen) atoms. The predicted octanol–water partition coefficient (Wildman–Crippen LogP) is 6.18. The van der Waals surface area contributed by atoms with Crippen LogP contribution in [0, 0.1) is 0 Å². The molecule has 0 fully saturated rings. The van der Waals surface area contributed by atoms with E-state index in [1.54, 1.807) is 19.1 Å². The van der Waals surface area contributed by atoms with Gasteiger partial charge in [0.25, 0.3) is 5.91 Å². The Kier molecular flexibility index (Phi) is 7.69. The predicted molar refractivity (Wildman–Crippen MR) is 142 cm³/mol. The first-order valence-corrected chi connectivity index (χ1v) is 13.1. The third-order valence-corrected chi connectivity index (χ3v) is 7.23. The Labute approximate surface area is 231 Å². The Balaban J connectivity index is 1.28. The molecule has 1 atom stereocenters. The maximum absolute atomic E-state index is 13.4. The van der Waals surface area contributed by atoms with Gasteiger partial charge in [-0.1, -0.05) is 41.7 Å². The van der Waals surface area contributed by atoms with Crippen molar-refractivity contribution in [3.63, 3.8) is 0 Å². The first kappa shape index (κ1) is 27.1. The van der Waals surface area contributed by atoms with Crippen molar-refractivity contribution < 1.29 is 32.2 Å². The first-order chi connectivity index (χ1) is 19.2. The highest BCUT2D eigenvalue weighted by molar-refractivity contribution is 7.18. The second-order valence-corrected chi connectivity index (χ2v) is 9.92. The van der Waals surface area contributed by atoms with E-state index in [0.717, 1.165) is 35.4 Å². The minimum absolute atomic E-state index is 0.0234. The van der Waals surface area contributed by atoms with Gasteiger partial charge in [-0.25, -0.2) is 0 Å². The van der Waals surface area contributed by atoms with Gasteiger partial charge in [0.2, 0.25) is 17.8 Å². The summed E-state index contributed by atoms with van der Waals surface area (Å²) >= 11 is 1.18. The lowest BCUT2D eigenvalue weighted by atomic mass is 10.0. The fraction of sp³-hybridized carbons (Fsp3) is 0.214. The van der Waals surface area contributed by atoms with E-state index in [-0.39, 0.29) is 36.4 Å². The molecule has 206 valence electrons. The molecule has 3 aromatic carbocycles. The van der Waals surface area contributed by atoms with Crippen LogP contribution in [0.25, 0.3) is 10.6 Å². The number of aromatic nitrogens is 2. The molecule has 12 heteroatoms. The highest BCUT2D eigenvalue weighted by atomic mass is 32.1. The summed E-state index contributed by atoms with van der Waals surface area (Å²) in [5.74, 6) is 0.364. The quantitative estimate of drug-likeness (QED) is 0.273. The number of nitrogens with zero attached hydrogens (tertiary/aromatic N) is 3. The van der Waals surface area contributed by atoms with Crippen molar-refractivity contribution in [2.75, 3.05) is 18.7 Å². The number of carbonyl (C=O) groups excluding carboxylic acids is 2. The molecule has 5 rings (SSSR count). The van der Waals surface area contributed by atoms with Crippen molar-refractivity contribution in [2.45, 2.75) is 25.6 Å². The maximum atomic E-state index is 13.4. The zero-order valence-electron chi connectivity index (χ0n) is 21.1. The van der Waals surface area contributed by atoms with Gasteiger partial charge in [-0.3, -0.25) is 9.59 Å². The molecule has 0 saturated heterocycles. The molecule has 1 aliphatic heterocycles. The van der Waals surface area contributed by atoms with Crippen LogP contribution in [0.1, 0.15) is 40.9 Å². The third-order valence-electron chi connectivity index (χ3n) is 6.34. The summed E-state index contributed by atoms with van der Waals surface area (Å²) in [6.45, 7) is 1.98. The Bertz CT molecular complexity index is 1510. The van der Waals surface area contributed by atoms with Crippen LogP contribution in [0.3, 0.4) is 0 Å². The van der Waals surface area contributed by atoms with Crippen molar-refractivity contribution in [1.29, 1.82) is 0 Å². The van der Waals surface area contributed by atoms with Crippen molar-refractivity contribution >= 4 is 28.3 Å². The van der Waals surface area contributed by atoms with Crippen LogP contribution >= 0.6 is 11.3 Å². The van der Waals surface area contributed by atoms with Crippen LogP contribution in [-0.2, 0) is 11.0 Å². The number of amides is 2. The number of hydrogen-bond donors (Lipinski definition) is 1. The van der Waals surface area contributed by atoms with Gasteiger partial charge in [0.1, 0.15) is 5.01 Å². The minimum Gasteiger partial charge on any atom is -0.454 e. The molecule has 0 bridgehead atoms. The van der Waals surface area contributed by atoms with Crippen molar-refractivity contribution in [3.8, 4) is 22.1 Å². The van der Waals surface area contributed by atoms with Gasteiger partial charge in [0, 0.05) is 24.1 Å². The number of alkyl halides is 3. The summed E-state index contributed by atoms with van der Waals surface area (Å²) in [5, 5.41) is 11.7. The van der Waals surface area contributed by atoms with Crippen LogP contribution in [-0.4, -0.2) is 40.2 Å². The number of fused-ring (bicyclic) bond motifs is 1. The fourth-order valence-corrected chi connectivity index (χ4v) is 4.93. The van der Waals surface area contributed by atoms with Crippen molar-refractivity contribution in [1.82, 2.24) is 15.1 Å². The number of nitrogens with one attached hydrogen (secondary N) is 1. The van der Waals surface area contributed by atoms with E-state index in [1.807, 2.05) is 36.4 Å². The molecule has 0 saturated carbocycles. The summed E-state index contributed by atoms with van der Waals surface area (Å²) in [6, 6.07) is 18.1. The molecule has 1 aromatic heterocycles. The summed E-state index contributed by atoms with van der Waals surface area (Å²) in [7, 11) is 0. The molecule has 2 heterocycles. The summed E-state index contributed by atoms with van der Waals surface area (Å²) in [5.41, 5.74) is 0.824. The second kappa shape index (κ2) is 11.3. The number of anilines is 1. The number of benzene rings is 3. The molecular formula is C28H23F3N4O4S. The number of ether oxygens (including phenoxy) is 2. The molecule has 2 amide bonds. The summed E-state index contributed by atoms with van der Waals surface area (Å²) < 4.78 is 49.7. The smallest absolute Gasteiger partial charge is 0.416 e. The van der Waals surface area contributed by atoms with Crippen LogP contribution < -0.4 is 14.8 Å². The molecule has 0 spiro atoms. The number of carbonyl (C=O) groups is 2. The van der Waals surface area contributed by atoms with E-state index < -0.39 is 23.7 Å². The Morgan fingerprint density at radius 1 is 1.00 bits per heavy atom. The minimum atomic E-state index is -4.51. The topological polar surface area (TPSA) is 93.7 Å². The van der Waals surface area contributed by atoms with Gasteiger partial charge in [0.15, 0.2) is 11.5 Å². The van der Waals surface area contributed by atoms with Gasteiger partial charge in [-0.05, 0) is 55.0 Å². The fourth-order valence-electron chi connectivity index (χ4n) is 4.17. The van der Waals surface area contributed by atoms with Gasteiger partial charge in [-0.15, -0.1) is 10.2 Å². The largest absolute Gasteiger partial charge is 0.454 e. The summed E-state index contributed by atoms with van der Waals surface area (Å²) in [4.78, 5) is 27.7. The molecule has 1 aliphatic rings. The average Bonchev–Trinajstić information content (AvgIpc) is 3.62. The SMILES string of the molecule is CC(c1ccccc1)N(CCC(=O)Nc1nnc(-c2ccc3c(c2)OCO3)s1)C(=O)c1ccc(C(F)(F)F)cc1. The zero-order valence-corrected chi connectivity index (χ0v) is 22.0. The van der Waals surface area contributed by atoms with Crippen LogP contribution in [0.2, 0.25) is 0 Å². The first-order valence-electron chi connectivity index (χ1n) is 12.3. The zero-order chi connectivity index (χ0) is 28.3. The van der Waals surface area contributed by atoms with Gasteiger partial charge in [0.05, 0.1) is 11.6 Å². The van der Waals surface area contributed by atoms with Crippen LogP contribution in [0.4, 0.5) is 18.3 Å². The van der Waals surface area contributed by atoms with Gasteiger partial charge >= 0.3 is 6.18 Å². The Morgan fingerprint density at radius 3 is 2.45 bits per heavy atom. The van der Waals surface area contributed by atoms with Crippen LogP contribution in [0.15, 0.2) is 72.8 Å². The van der Waals surface area contributed by atoms with E-state index in [0.29, 0.717) is 16.5 Å². The summed E-state index contributed by atoms with van der Waals surface area (Å²) in [6.07, 6.45) is -4.58. The molecule has 4 aromatic rings. The molecule has 0 radical (unpaired) electrons. The molecule has 8 nitrogen and oxygen atoms in total. The maximum Gasteiger partial charge on any atom is 0.416 e. The van der Waals surface area contributed by atoms with E-state index in [9.17, 15) is 22.8 Å². The Hall–Kier alpha value is -4.45. The molecule has 0 aliphatic carbocycles. The van der Waals surface area contributed by atoms with E-state index in [4.69, 9.17) is 9.47 Å². The normalized spacial score (nSPS) is 13.1. The average molecular weight is 569 g/mol. The number of halogens is 3. The highest BCUT2D eigenvalue weighted by Gasteiger charge is 2.31. The van der Waals surface area contributed by atoms with E-state index in [2.05, 4.69) is 15.5 Å².